The minimum absolute atomic E-state index is 0.156. The van der Waals surface area contributed by atoms with Crippen molar-refractivity contribution in [3.63, 3.8) is 0 Å². The van der Waals surface area contributed by atoms with Gasteiger partial charge in [-0.3, -0.25) is 0 Å². The van der Waals surface area contributed by atoms with Crippen molar-refractivity contribution in [2.45, 2.75) is 30.2 Å². The molecule has 2 fully saturated rings. The van der Waals surface area contributed by atoms with Gasteiger partial charge in [-0.05, 0) is 43.2 Å². The maximum Gasteiger partial charge on any atom is 0.262 e. The number of benzene rings is 1. The molecule has 146 valence electrons. The van der Waals surface area contributed by atoms with Gasteiger partial charge in [0.2, 0.25) is 0 Å². The third kappa shape index (κ3) is 3.68. The molecule has 6 nitrogen and oxygen atoms in total. The second kappa shape index (κ2) is 7.04. The van der Waals surface area contributed by atoms with E-state index in [1.165, 1.54) is 5.56 Å². The van der Waals surface area contributed by atoms with Crippen LogP contribution in [0.25, 0.3) is 0 Å². The average Bonchev–Trinajstić information content (AvgIpc) is 3.09. The third-order valence-corrected chi connectivity index (χ3v) is 7.94. The van der Waals surface area contributed by atoms with Gasteiger partial charge in [-0.1, -0.05) is 30.3 Å². The first-order valence-electron chi connectivity index (χ1n) is 9.60. The van der Waals surface area contributed by atoms with E-state index in [0.29, 0.717) is 19.0 Å². The average molecular weight is 389 g/mol. The SMILES string of the molecule is CN1C[C@H](c2ccccc2)CC2(CCN(S(=O)(=O)c3cn(C)cn3)CC2)C1. The Morgan fingerprint density at radius 2 is 1.81 bits per heavy atom. The standard InChI is InChI=1S/C20H28N4O2S/c1-22-13-18(17-6-4-3-5-7-17)12-20(15-22)8-10-24(11-9-20)27(25,26)19-14-23(2)16-21-19/h3-7,14,16,18H,8-13,15H2,1-2H3/t18-/m1/s1. The van der Waals surface area contributed by atoms with Crippen LogP contribution in [-0.2, 0) is 17.1 Å². The largest absolute Gasteiger partial charge is 0.339 e. The number of piperidine rings is 2. The van der Waals surface area contributed by atoms with E-state index < -0.39 is 10.0 Å². The number of likely N-dealkylation sites (tertiary alicyclic amines) is 1. The Hall–Kier alpha value is -1.70. The molecule has 0 saturated carbocycles. The van der Waals surface area contributed by atoms with Gasteiger partial charge in [-0.25, -0.2) is 13.4 Å². The summed E-state index contributed by atoms with van der Waals surface area (Å²) in [5.74, 6) is 0.517. The van der Waals surface area contributed by atoms with Crippen LogP contribution in [0.4, 0.5) is 0 Å². The molecule has 4 rings (SSSR count). The molecule has 1 aromatic carbocycles. The zero-order valence-electron chi connectivity index (χ0n) is 16.1. The van der Waals surface area contributed by atoms with Gasteiger partial charge >= 0.3 is 0 Å². The molecule has 7 heteroatoms. The normalized spacial score (nSPS) is 24.3. The molecule has 0 N–H and O–H groups in total. The van der Waals surface area contributed by atoms with Crippen molar-refractivity contribution in [1.29, 1.82) is 0 Å². The predicted molar refractivity (Wildman–Crippen MR) is 105 cm³/mol. The molecule has 3 heterocycles. The highest BCUT2D eigenvalue weighted by Gasteiger charge is 2.43. The molecule has 1 atom stereocenters. The second-order valence-corrected chi connectivity index (χ2v) is 10.2. The van der Waals surface area contributed by atoms with Crippen molar-refractivity contribution in [2.75, 3.05) is 33.2 Å². The van der Waals surface area contributed by atoms with Gasteiger partial charge in [0.15, 0.2) is 5.03 Å². The lowest BCUT2D eigenvalue weighted by Crippen LogP contribution is -2.51. The van der Waals surface area contributed by atoms with Crippen LogP contribution in [0.15, 0.2) is 47.9 Å². The zero-order chi connectivity index (χ0) is 19.1. The second-order valence-electron chi connectivity index (χ2n) is 8.29. The highest BCUT2D eigenvalue weighted by atomic mass is 32.2. The fraction of sp³-hybridized carbons (Fsp3) is 0.550. The lowest BCUT2D eigenvalue weighted by Gasteiger charge is -2.49. The summed E-state index contributed by atoms with van der Waals surface area (Å²) in [6.07, 6.45) is 6.08. The Kier molecular flexibility index (Phi) is 4.86. The Balaban J connectivity index is 1.49. The Morgan fingerprint density at radius 1 is 1.11 bits per heavy atom. The molecule has 0 radical (unpaired) electrons. The molecule has 0 unspecified atom stereocenters. The molecular weight excluding hydrogens is 360 g/mol. The van der Waals surface area contributed by atoms with E-state index in [-0.39, 0.29) is 10.4 Å². The number of aromatic nitrogens is 2. The maximum atomic E-state index is 12.9. The number of hydrogen-bond acceptors (Lipinski definition) is 4. The van der Waals surface area contributed by atoms with Gasteiger partial charge in [-0.2, -0.15) is 4.31 Å². The summed E-state index contributed by atoms with van der Waals surface area (Å²) in [5.41, 5.74) is 1.59. The summed E-state index contributed by atoms with van der Waals surface area (Å²) in [6, 6.07) is 10.7. The number of sulfonamides is 1. The van der Waals surface area contributed by atoms with E-state index in [1.807, 2.05) is 0 Å². The van der Waals surface area contributed by atoms with E-state index >= 15 is 0 Å². The molecule has 2 saturated heterocycles. The van der Waals surface area contributed by atoms with Crippen LogP contribution in [0.3, 0.4) is 0 Å². The van der Waals surface area contributed by atoms with Gasteiger partial charge < -0.3 is 9.47 Å². The van der Waals surface area contributed by atoms with Gasteiger partial charge in [0.25, 0.3) is 10.0 Å². The highest BCUT2D eigenvalue weighted by molar-refractivity contribution is 7.89. The lowest BCUT2D eigenvalue weighted by atomic mass is 9.68. The summed E-state index contributed by atoms with van der Waals surface area (Å²) in [4.78, 5) is 6.48. The molecule has 0 bridgehead atoms. The molecule has 1 aromatic heterocycles. The fourth-order valence-electron chi connectivity index (χ4n) is 4.83. The minimum Gasteiger partial charge on any atom is -0.339 e. The van der Waals surface area contributed by atoms with Crippen molar-refractivity contribution < 1.29 is 8.42 Å². The van der Waals surface area contributed by atoms with E-state index in [4.69, 9.17) is 0 Å². The van der Waals surface area contributed by atoms with Crippen molar-refractivity contribution in [3.05, 3.63) is 48.4 Å². The minimum atomic E-state index is -3.49. The van der Waals surface area contributed by atoms with Crippen LogP contribution in [-0.4, -0.2) is 60.4 Å². The maximum absolute atomic E-state index is 12.9. The predicted octanol–water partition coefficient (Wildman–Crippen LogP) is 2.31. The van der Waals surface area contributed by atoms with Crippen LogP contribution in [0.5, 0.6) is 0 Å². The van der Waals surface area contributed by atoms with Crippen LogP contribution < -0.4 is 0 Å². The number of aryl methyl sites for hydroxylation is 1. The summed E-state index contributed by atoms with van der Waals surface area (Å²) < 4.78 is 29.0. The van der Waals surface area contributed by atoms with Gasteiger partial charge in [0, 0.05) is 39.4 Å². The van der Waals surface area contributed by atoms with E-state index in [2.05, 4.69) is 47.3 Å². The van der Waals surface area contributed by atoms with Gasteiger partial charge in [0.05, 0.1) is 6.33 Å². The lowest BCUT2D eigenvalue weighted by molar-refractivity contribution is 0.0440. The number of nitrogens with zero attached hydrogens (tertiary/aromatic N) is 4. The molecule has 2 aliphatic heterocycles. The van der Waals surface area contributed by atoms with E-state index in [0.717, 1.165) is 32.4 Å². The quantitative estimate of drug-likeness (QED) is 0.810. The molecule has 27 heavy (non-hydrogen) atoms. The number of likely N-dealkylation sites (N-methyl/N-ethyl adjacent to an activating group) is 1. The summed E-state index contributed by atoms with van der Waals surface area (Å²) in [7, 11) is 0.491. The summed E-state index contributed by atoms with van der Waals surface area (Å²) >= 11 is 0. The molecular formula is C20H28N4O2S. The molecule has 0 aliphatic carbocycles. The molecule has 2 aromatic rings. The monoisotopic (exact) mass is 388 g/mol. The Labute approximate surface area is 161 Å². The summed E-state index contributed by atoms with van der Waals surface area (Å²) in [5, 5.41) is 0.156. The van der Waals surface area contributed by atoms with Crippen LogP contribution in [0.1, 0.15) is 30.7 Å². The van der Waals surface area contributed by atoms with Crippen molar-refractivity contribution >= 4 is 10.0 Å². The smallest absolute Gasteiger partial charge is 0.262 e. The molecule has 2 aliphatic rings. The first-order valence-corrected chi connectivity index (χ1v) is 11.0. The van der Waals surface area contributed by atoms with Crippen molar-refractivity contribution in [2.24, 2.45) is 12.5 Å². The first-order chi connectivity index (χ1) is 12.9. The number of imidazole rings is 1. The van der Waals surface area contributed by atoms with Crippen molar-refractivity contribution in [1.82, 2.24) is 18.8 Å². The van der Waals surface area contributed by atoms with Crippen molar-refractivity contribution in [3.8, 4) is 0 Å². The third-order valence-electron chi connectivity index (χ3n) is 6.16. The van der Waals surface area contributed by atoms with E-state index in [1.54, 1.807) is 28.4 Å². The Bertz CT molecular complexity index is 886. The molecule has 0 amide bonds. The number of rotatable bonds is 3. The van der Waals surface area contributed by atoms with Crippen LogP contribution >= 0.6 is 0 Å². The van der Waals surface area contributed by atoms with Gasteiger partial charge in [-0.15, -0.1) is 0 Å². The van der Waals surface area contributed by atoms with Gasteiger partial charge in [0.1, 0.15) is 0 Å². The fourth-order valence-corrected chi connectivity index (χ4v) is 6.24. The summed E-state index contributed by atoms with van der Waals surface area (Å²) in [6.45, 7) is 3.28. The molecule has 1 spiro atoms. The van der Waals surface area contributed by atoms with Crippen LogP contribution in [0, 0.1) is 5.41 Å². The topological polar surface area (TPSA) is 58.4 Å². The number of hydrogen-bond donors (Lipinski definition) is 0. The zero-order valence-corrected chi connectivity index (χ0v) is 16.9. The van der Waals surface area contributed by atoms with E-state index in [9.17, 15) is 8.42 Å². The first kappa shape index (κ1) is 18.7. The Morgan fingerprint density at radius 3 is 2.44 bits per heavy atom. The van der Waals surface area contributed by atoms with Crippen LogP contribution in [0.2, 0.25) is 0 Å². The highest BCUT2D eigenvalue weighted by Crippen LogP contribution is 2.45.